The van der Waals surface area contributed by atoms with Gasteiger partial charge in [-0.3, -0.25) is 13.9 Å². The van der Waals surface area contributed by atoms with Crippen LogP contribution in [0.2, 0.25) is 0 Å². The Morgan fingerprint density at radius 2 is 1.47 bits per heavy atom. The van der Waals surface area contributed by atoms with Gasteiger partial charge in [0.15, 0.2) is 0 Å². The van der Waals surface area contributed by atoms with E-state index >= 15 is 0 Å². The molecule has 0 aromatic heterocycles. The molecule has 0 saturated heterocycles. The van der Waals surface area contributed by atoms with Gasteiger partial charge in [0.2, 0.25) is 6.29 Å². The molecule has 10 heteroatoms. The minimum Gasteiger partial charge on any atom is -0.756 e. The molecule has 0 heterocycles. The number of quaternary nitrogens is 1. The number of allylic oxidation sites excluding steroid dienone is 2. The zero-order valence-corrected chi connectivity index (χ0v) is 24.0. The summed E-state index contributed by atoms with van der Waals surface area (Å²) in [4.78, 5) is 23.8. The second-order valence-electron chi connectivity index (χ2n) is 10.4. The molecule has 0 amide bonds. The second kappa shape index (κ2) is 21.2. The number of carbonyl (C=O) groups is 1. The summed E-state index contributed by atoms with van der Waals surface area (Å²) < 4.78 is 26.5. The third-order valence-corrected chi connectivity index (χ3v) is 6.48. The fraction of sp³-hybridized carbons (Fsp3) is 0.885. The van der Waals surface area contributed by atoms with E-state index in [0.717, 1.165) is 32.1 Å². The van der Waals surface area contributed by atoms with Crippen molar-refractivity contribution in [3.05, 3.63) is 12.2 Å². The molecule has 0 spiro atoms. The van der Waals surface area contributed by atoms with Gasteiger partial charge in [0.1, 0.15) is 12.6 Å². The highest BCUT2D eigenvalue weighted by Crippen LogP contribution is 2.39. The molecule has 0 aliphatic rings. The van der Waals surface area contributed by atoms with Gasteiger partial charge in [-0.05, 0) is 32.1 Å². The Hall–Kier alpha value is -0.800. The number of unbranched alkanes of at least 4 members (excludes halogenated alkanes) is 11. The zero-order valence-electron chi connectivity index (χ0n) is 23.1. The van der Waals surface area contributed by atoms with Gasteiger partial charge in [-0.2, -0.15) is 0 Å². The number of hydrogen-bond donors (Lipinski definition) is 2. The Kier molecular flexibility index (Phi) is 20.7. The molecule has 0 bridgehead atoms. The highest BCUT2D eigenvalue weighted by Gasteiger charge is 2.24. The van der Waals surface area contributed by atoms with Crippen molar-refractivity contribution in [3.63, 3.8) is 0 Å². The summed E-state index contributed by atoms with van der Waals surface area (Å²) in [7, 11) is 0.477. The van der Waals surface area contributed by atoms with Crippen LogP contribution in [0.15, 0.2) is 12.2 Å². The van der Waals surface area contributed by atoms with Crippen LogP contribution in [0.3, 0.4) is 0 Å². The van der Waals surface area contributed by atoms with Gasteiger partial charge >= 0.3 is 5.97 Å². The van der Waals surface area contributed by atoms with Crippen LogP contribution in [-0.4, -0.2) is 74.0 Å². The number of phosphoric ester groups is 1. The summed E-state index contributed by atoms with van der Waals surface area (Å²) in [6.07, 6.45) is 17.2. The molecule has 0 radical (unpaired) electrons. The molecule has 2 N–H and O–H groups in total. The third-order valence-electron chi connectivity index (χ3n) is 5.52. The van der Waals surface area contributed by atoms with E-state index in [1.54, 1.807) is 21.1 Å². The van der Waals surface area contributed by atoms with Crippen LogP contribution in [0, 0.1) is 0 Å². The van der Waals surface area contributed by atoms with Gasteiger partial charge in [-0.15, -0.1) is 0 Å². The van der Waals surface area contributed by atoms with E-state index in [1.165, 1.54) is 44.9 Å². The number of carbonyl (C=O) groups excluding carboxylic acids is 1. The van der Waals surface area contributed by atoms with Gasteiger partial charge in [-0.25, -0.2) is 0 Å². The van der Waals surface area contributed by atoms with E-state index < -0.39 is 39.4 Å². The number of nitrogens with zero attached hydrogens (tertiary/aromatic N) is 1. The van der Waals surface area contributed by atoms with Crippen LogP contribution in [0.25, 0.3) is 0 Å². The van der Waals surface area contributed by atoms with Crippen molar-refractivity contribution in [3.8, 4) is 0 Å². The highest BCUT2D eigenvalue weighted by molar-refractivity contribution is 7.45. The normalized spacial score (nSPS) is 15.6. The van der Waals surface area contributed by atoms with E-state index in [0.29, 0.717) is 6.42 Å². The number of likely N-dealkylation sites (N-methyl/N-ethyl adjacent to an activating group) is 1. The van der Waals surface area contributed by atoms with Crippen LogP contribution >= 0.6 is 7.82 Å². The quantitative estimate of drug-likeness (QED) is 0.0462. The summed E-state index contributed by atoms with van der Waals surface area (Å²) in [6, 6.07) is 0. The number of aliphatic hydroxyl groups excluding tert-OH is 2. The average Bonchev–Trinajstić information content (AvgIpc) is 2.77. The summed E-state index contributed by atoms with van der Waals surface area (Å²) in [5, 5.41) is 19.1. The Balaban J connectivity index is 3.84. The SMILES string of the molecule is CCCCCCCC/C=C\CCCCCCCC(=O)O[C@H](CO)COP(=O)([O-])OC(O)C[N+](C)(C)C. The van der Waals surface area contributed by atoms with Gasteiger partial charge in [0.05, 0.1) is 34.4 Å². The molecule has 0 aliphatic carbocycles. The fourth-order valence-corrected chi connectivity index (χ4v) is 4.34. The van der Waals surface area contributed by atoms with E-state index in [9.17, 15) is 24.5 Å². The van der Waals surface area contributed by atoms with Gasteiger partial charge in [0.25, 0.3) is 7.82 Å². The summed E-state index contributed by atoms with van der Waals surface area (Å²) >= 11 is 0. The molecule has 9 nitrogen and oxygen atoms in total. The third kappa shape index (κ3) is 23.6. The molecule has 3 atom stereocenters. The maximum Gasteiger partial charge on any atom is 0.306 e. The Labute approximate surface area is 219 Å². The summed E-state index contributed by atoms with van der Waals surface area (Å²) in [5.41, 5.74) is 0. The maximum atomic E-state index is 12.0. The molecule has 0 saturated carbocycles. The lowest BCUT2D eigenvalue weighted by atomic mass is 10.1. The minimum atomic E-state index is -4.82. The molecule has 0 aromatic rings. The van der Waals surface area contributed by atoms with Crippen molar-refractivity contribution in [1.29, 1.82) is 0 Å². The number of phosphoric acid groups is 1. The molecular formula is C26H52NO8P. The Morgan fingerprint density at radius 3 is 2.00 bits per heavy atom. The first-order chi connectivity index (χ1) is 17.0. The molecular weight excluding hydrogens is 485 g/mol. The summed E-state index contributed by atoms with van der Waals surface area (Å²) in [5.74, 6) is -0.512. The van der Waals surface area contributed by atoms with E-state index in [2.05, 4.69) is 28.1 Å². The first kappa shape index (κ1) is 35.2. The monoisotopic (exact) mass is 537 g/mol. The maximum absolute atomic E-state index is 12.0. The largest absolute Gasteiger partial charge is 0.756 e. The lowest BCUT2D eigenvalue weighted by molar-refractivity contribution is -0.876. The van der Waals surface area contributed by atoms with E-state index in [-0.39, 0.29) is 17.4 Å². The van der Waals surface area contributed by atoms with Crippen LogP contribution in [0.5, 0.6) is 0 Å². The fourth-order valence-electron chi connectivity index (χ4n) is 3.56. The molecule has 0 aromatic carbocycles. The lowest BCUT2D eigenvalue weighted by Crippen LogP contribution is -2.42. The van der Waals surface area contributed by atoms with E-state index in [4.69, 9.17) is 4.74 Å². The van der Waals surface area contributed by atoms with Crippen molar-refractivity contribution >= 4 is 13.8 Å². The first-order valence-corrected chi connectivity index (χ1v) is 15.0. The minimum absolute atomic E-state index is 0.0317. The van der Waals surface area contributed by atoms with Crippen molar-refractivity contribution in [2.75, 3.05) is 40.9 Å². The van der Waals surface area contributed by atoms with Crippen LogP contribution < -0.4 is 4.89 Å². The van der Waals surface area contributed by atoms with Crippen molar-refractivity contribution < 1.29 is 42.7 Å². The second-order valence-corrected chi connectivity index (χ2v) is 11.8. The standard InChI is InChI=1S/C26H52NO8P/c1-5-6-7-8-9-10-11-12-13-14-15-16-17-18-19-20-25(29)34-24(22-28)23-33-36(31,32)35-26(30)21-27(2,3)4/h12-13,24,26,28,30H,5-11,14-23H2,1-4H3/b13-12-/t24-,26?/m1/s1. The Morgan fingerprint density at radius 1 is 0.944 bits per heavy atom. The number of rotatable bonds is 24. The molecule has 214 valence electrons. The number of aliphatic hydroxyl groups is 2. The zero-order chi connectivity index (χ0) is 27.3. The molecule has 0 aliphatic heterocycles. The Bertz CT molecular complexity index is 624. The van der Waals surface area contributed by atoms with Crippen LogP contribution in [0.1, 0.15) is 96.8 Å². The van der Waals surface area contributed by atoms with Crippen LogP contribution in [-0.2, 0) is 23.1 Å². The van der Waals surface area contributed by atoms with Gasteiger partial charge < -0.3 is 28.9 Å². The summed E-state index contributed by atoms with van der Waals surface area (Å²) in [6.45, 7) is 1.11. The molecule has 2 unspecified atom stereocenters. The molecule has 36 heavy (non-hydrogen) atoms. The predicted octanol–water partition coefficient (Wildman–Crippen LogP) is 4.45. The lowest BCUT2D eigenvalue weighted by Gasteiger charge is -2.30. The van der Waals surface area contributed by atoms with Crippen LogP contribution in [0.4, 0.5) is 0 Å². The van der Waals surface area contributed by atoms with E-state index in [1.807, 2.05) is 0 Å². The topological polar surface area (TPSA) is 125 Å². The average molecular weight is 538 g/mol. The van der Waals surface area contributed by atoms with Gasteiger partial charge in [0, 0.05) is 6.42 Å². The molecule has 0 fully saturated rings. The van der Waals surface area contributed by atoms with Crippen molar-refractivity contribution in [2.45, 2.75) is 109 Å². The van der Waals surface area contributed by atoms with Gasteiger partial charge in [-0.1, -0.05) is 70.4 Å². The van der Waals surface area contributed by atoms with Crippen molar-refractivity contribution in [2.24, 2.45) is 0 Å². The highest BCUT2D eigenvalue weighted by atomic mass is 31.2. The van der Waals surface area contributed by atoms with Crippen molar-refractivity contribution in [1.82, 2.24) is 0 Å². The molecule has 0 rings (SSSR count). The number of esters is 1. The number of hydrogen-bond acceptors (Lipinski definition) is 8. The first-order valence-electron chi connectivity index (χ1n) is 13.6. The smallest absolute Gasteiger partial charge is 0.306 e. The number of ether oxygens (including phenoxy) is 1. The predicted molar refractivity (Wildman–Crippen MR) is 140 cm³/mol.